The normalized spacial score (nSPS) is 10.6. The van der Waals surface area contributed by atoms with Gasteiger partial charge in [0.25, 0.3) is 0 Å². The van der Waals surface area contributed by atoms with E-state index in [0.717, 1.165) is 34.8 Å². The number of hydrogen-bond acceptors (Lipinski definition) is 4. The second kappa shape index (κ2) is 9.47. The molecule has 0 aliphatic rings. The summed E-state index contributed by atoms with van der Waals surface area (Å²) in [6.07, 6.45) is 2.91. The van der Waals surface area contributed by atoms with E-state index < -0.39 is 0 Å². The molecule has 6 heteroatoms. The van der Waals surface area contributed by atoms with Crippen LogP contribution < -0.4 is 5.73 Å². The third kappa shape index (κ3) is 5.89. The Bertz CT molecular complexity index is 492. The van der Waals surface area contributed by atoms with Gasteiger partial charge in [-0.2, -0.15) is 0 Å². The summed E-state index contributed by atoms with van der Waals surface area (Å²) in [4.78, 5) is 6.74. The molecule has 1 aromatic heterocycles. The fourth-order valence-corrected chi connectivity index (χ4v) is 3.28. The van der Waals surface area contributed by atoms with E-state index in [-0.39, 0.29) is 12.4 Å². The molecule has 3 nitrogen and oxygen atoms in total. The quantitative estimate of drug-likeness (QED) is 0.806. The Balaban J connectivity index is 0.00000200. The third-order valence-corrected chi connectivity index (χ3v) is 4.35. The van der Waals surface area contributed by atoms with Crippen molar-refractivity contribution in [3.63, 3.8) is 0 Å². The Kier molecular flexibility index (Phi) is 8.33. The van der Waals surface area contributed by atoms with Crippen LogP contribution in [-0.2, 0) is 13.0 Å². The maximum atomic E-state index is 5.69. The van der Waals surface area contributed by atoms with Gasteiger partial charge in [0.2, 0.25) is 0 Å². The van der Waals surface area contributed by atoms with Crippen molar-refractivity contribution < 1.29 is 0 Å². The lowest BCUT2D eigenvalue weighted by Gasteiger charge is -2.20. The van der Waals surface area contributed by atoms with Crippen LogP contribution in [0.1, 0.15) is 10.6 Å². The average molecular weight is 377 g/mol. The number of halogens is 2. The first-order valence-corrected chi connectivity index (χ1v) is 7.95. The molecule has 2 aromatic rings. The summed E-state index contributed by atoms with van der Waals surface area (Å²) in [6.45, 7) is 3.48. The maximum absolute atomic E-state index is 5.69. The molecule has 0 unspecified atom stereocenters. The largest absolute Gasteiger partial charge is 0.329 e. The highest BCUT2D eigenvalue weighted by atomic mass is 79.9. The first-order chi connectivity index (χ1) is 9.28. The van der Waals surface area contributed by atoms with Crippen LogP contribution in [0.4, 0.5) is 0 Å². The van der Waals surface area contributed by atoms with Crippen molar-refractivity contribution in [1.82, 2.24) is 9.88 Å². The minimum absolute atomic E-state index is 0. The van der Waals surface area contributed by atoms with E-state index in [1.54, 1.807) is 11.3 Å². The topological polar surface area (TPSA) is 42.1 Å². The van der Waals surface area contributed by atoms with E-state index in [0.29, 0.717) is 6.54 Å². The van der Waals surface area contributed by atoms with Crippen LogP contribution in [0.15, 0.2) is 40.3 Å². The van der Waals surface area contributed by atoms with Crippen LogP contribution in [-0.4, -0.2) is 29.5 Å². The molecule has 0 aliphatic carbocycles. The van der Waals surface area contributed by atoms with Crippen LogP contribution in [0, 0.1) is 0 Å². The molecule has 0 amide bonds. The van der Waals surface area contributed by atoms with E-state index in [1.807, 2.05) is 12.3 Å². The van der Waals surface area contributed by atoms with Gasteiger partial charge >= 0.3 is 0 Å². The van der Waals surface area contributed by atoms with Crippen molar-refractivity contribution in [2.75, 3.05) is 19.6 Å². The summed E-state index contributed by atoms with van der Waals surface area (Å²) >= 11 is 5.14. The molecule has 0 aliphatic heterocycles. The zero-order valence-corrected chi connectivity index (χ0v) is 14.4. The predicted molar refractivity (Wildman–Crippen MR) is 91.5 cm³/mol. The summed E-state index contributed by atoms with van der Waals surface area (Å²) in [5, 5.41) is 1.13. The number of thiazole rings is 1. The van der Waals surface area contributed by atoms with Gasteiger partial charge in [0, 0.05) is 19.6 Å². The summed E-state index contributed by atoms with van der Waals surface area (Å²) in [6, 6.07) is 10.6. The standard InChI is InChI=1S/C14H18BrN3S.ClH/c15-13-10-17-14(19-13)11-18(9-7-16)8-6-12-4-2-1-3-5-12;/h1-5,10H,6-9,11,16H2;1H. The molecule has 0 radical (unpaired) electrons. The van der Waals surface area contributed by atoms with Crippen molar-refractivity contribution >= 4 is 39.7 Å². The maximum Gasteiger partial charge on any atom is 0.108 e. The van der Waals surface area contributed by atoms with Gasteiger partial charge in [-0.25, -0.2) is 4.98 Å². The van der Waals surface area contributed by atoms with Crippen LogP contribution in [0.25, 0.3) is 0 Å². The molecule has 20 heavy (non-hydrogen) atoms. The third-order valence-electron chi connectivity index (χ3n) is 2.89. The van der Waals surface area contributed by atoms with Gasteiger partial charge < -0.3 is 5.73 Å². The average Bonchev–Trinajstić information content (AvgIpc) is 2.83. The number of rotatable bonds is 7. The minimum atomic E-state index is 0. The molecule has 2 N–H and O–H groups in total. The molecule has 2 rings (SSSR count). The van der Waals surface area contributed by atoms with Crippen molar-refractivity contribution in [3.8, 4) is 0 Å². The molecule has 0 saturated heterocycles. The molecule has 0 atom stereocenters. The van der Waals surface area contributed by atoms with Crippen molar-refractivity contribution in [3.05, 3.63) is 50.9 Å². The van der Waals surface area contributed by atoms with Gasteiger partial charge in [-0.3, -0.25) is 4.90 Å². The van der Waals surface area contributed by atoms with Gasteiger partial charge in [-0.15, -0.1) is 23.7 Å². The van der Waals surface area contributed by atoms with E-state index in [2.05, 4.69) is 50.1 Å². The summed E-state index contributed by atoms with van der Waals surface area (Å²) in [7, 11) is 0. The van der Waals surface area contributed by atoms with Crippen molar-refractivity contribution in [2.45, 2.75) is 13.0 Å². The second-order valence-corrected chi connectivity index (χ2v) is 6.85. The Hall–Kier alpha value is -0.460. The minimum Gasteiger partial charge on any atom is -0.329 e. The second-order valence-electron chi connectivity index (χ2n) is 4.36. The SMILES string of the molecule is Cl.NCCN(CCc1ccccc1)Cc1ncc(Br)s1. The number of nitrogens with zero attached hydrogens (tertiary/aromatic N) is 2. The fourth-order valence-electron chi connectivity index (χ4n) is 1.94. The van der Waals surface area contributed by atoms with Crippen LogP contribution in [0.3, 0.4) is 0 Å². The van der Waals surface area contributed by atoms with E-state index in [1.165, 1.54) is 5.56 Å². The number of aromatic nitrogens is 1. The monoisotopic (exact) mass is 375 g/mol. The highest BCUT2D eigenvalue weighted by Gasteiger charge is 2.08. The Morgan fingerprint density at radius 2 is 1.95 bits per heavy atom. The molecule has 0 fully saturated rings. The van der Waals surface area contributed by atoms with Gasteiger partial charge in [0.05, 0.1) is 16.5 Å². The molecule has 0 saturated carbocycles. The predicted octanol–water partition coefficient (Wildman–Crippen LogP) is 3.33. The van der Waals surface area contributed by atoms with Gasteiger partial charge in [-0.05, 0) is 27.9 Å². The number of hydrogen-bond donors (Lipinski definition) is 1. The molecule has 110 valence electrons. The Morgan fingerprint density at radius 1 is 1.20 bits per heavy atom. The fraction of sp³-hybridized carbons (Fsp3) is 0.357. The Morgan fingerprint density at radius 3 is 2.55 bits per heavy atom. The molecule has 1 heterocycles. The zero-order chi connectivity index (χ0) is 13.5. The van der Waals surface area contributed by atoms with Crippen LogP contribution in [0.5, 0.6) is 0 Å². The first-order valence-electron chi connectivity index (χ1n) is 6.34. The first kappa shape index (κ1) is 17.6. The van der Waals surface area contributed by atoms with Crippen molar-refractivity contribution in [2.24, 2.45) is 5.73 Å². The molecule has 0 spiro atoms. The summed E-state index contributed by atoms with van der Waals surface area (Å²) in [5.41, 5.74) is 7.05. The van der Waals surface area contributed by atoms with Gasteiger partial charge in [-0.1, -0.05) is 30.3 Å². The van der Waals surface area contributed by atoms with Crippen LogP contribution in [0.2, 0.25) is 0 Å². The van der Waals surface area contributed by atoms with E-state index >= 15 is 0 Å². The lowest BCUT2D eigenvalue weighted by atomic mass is 10.1. The lowest BCUT2D eigenvalue weighted by molar-refractivity contribution is 0.276. The summed E-state index contributed by atoms with van der Waals surface area (Å²) in [5.74, 6) is 0. The highest BCUT2D eigenvalue weighted by Crippen LogP contribution is 2.20. The van der Waals surface area contributed by atoms with E-state index in [9.17, 15) is 0 Å². The van der Waals surface area contributed by atoms with Crippen molar-refractivity contribution in [1.29, 1.82) is 0 Å². The molecule has 0 bridgehead atoms. The lowest BCUT2D eigenvalue weighted by Crippen LogP contribution is -2.31. The Labute approximate surface area is 138 Å². The molecule has 1 aromatic carbocycles. The van der Waals surface area contributed by atoms with Gasteiger partial charge in [0.15, 0.2) is 0 Å². The molecular formula is C14H19BrClN3S. The zero-order valence-electron chi connectivity index (χ0n) is 11.2. The van der Waals surface area contributed by atoms with Crippen LogP contribution >= 0.6 is 39.7 Å². The number of nitrogens with two attached hydrogens (primary N) is 1. The van der Waals surface area contributed by atoms with Gasteiger partial charge in [0.1, 0.15) is 5.01 Å². The van der Waals surface area contributed by atoms with E-state index in [4.69, 9.17) is 5.73 Å². The molecular weight excluding hydrogens is 358 g/mol. The number of benzene rings is 1. The smallest absolute Gasteiger partial charge is 0.108 e. The highest BCUT2D eigenvalue weighted by molar-refractivity contribution is 9.11. The summed E-state index contributed by atoms with van der Waals surface area (Å²) < 4.78 is 1.08.